The first-order valence-corrected chi connectivity index (χ1v) is 8.75. The van der Waals surface area contributed by atoms with Gasteiger partial charge < -0.3 is 10.2 Å². The molecule has 0 aromatic carbocycles. The summed E-state index contributed by atoms with van der Waals surface area (Å²) in [6.07, 6.45) is 15.5. The molecule has 19 heavy (non-hydrogen) atoms. The van der Waals surface area contributed by atoms with Gasteiger partial charge >= 0.3 is 0 Å². The molecular weight excluding hydrogens is 232 g/mol. The standard InChI is InChI=1S/C17H36N2/c1-3-14-18-15-10-6-7-11-16-19(2)17-12-8-4-5-9-13-17/h17-18H,3-16H2,1-2H3. The fourth-order valence-electron chi connectivity index (χ4n) is 3.15. The Hall–Kier alpha value is -0.0800. The Morgan fingerprint density at radius 2 is 1.58 bits per heavy atom. The van der Waals surface area contributed by atoms with Crippen LogP contribution in [0.5, 0.6) is 0 Å². The zero-order chi connectivity index (χ0) is 13.8. The van der Waals surface area contributed by atoms with Crippen molar-refractivity contribution in [2.45, 2.75) is 83.6 Å². The van der Waals surface area contributed by atoms with E-state index in [1.54, 1.807) is 0 Å². The van der Waals surface area contributed by atoms with E-state index in [1.807, 2.05) is 0 Å². The smallest absolute Gasteiger partial charge is 0.00922 e. The molecule has 0 aliphatic heterocycles. The number of nitrogens with zero attached hydrogens (tertiary/aromatic N) is 1. The van der Waals surface area contributed by atoms with E-state index in [0.717, 1.165) is 6.04 Å². The molecule has 0 aromatic heterocycles. The maximum absolute atomic E-state index is 3.48. The highest BCUT2D eigenvalue weighted by molar-refractivity contribution is 4.72. The molecule has 0 bridgehead atoms. The van der Waals surface area contributed by atoms with E-state index in [-0.39, 0.29) is 0 Å². The van der Waals surface area contributed by atoms with Gasteiger partial charge in [-0.1, -0.05) is 45.4 Å². The molecule has 0 aromatic rings. The van der Waals surface area contributed by atoms with Crippen molar-refractivity contribution in [1.82, 2.24) is 10.2 Å². The van der Waals surface area contributed by atoms with Gasteiger partial charge in [-0.25, -0.2) is 0 Å². The molecule has 0 amide bonds. The van der Waals surface area contributed by atoms with Gasteiger partial charge in [0, 0.05) is 6.04 Å². The number of rotatable bonds is 10. The third-order valence-electron chi connectivity index (χ3n) is 4.49. The van der Waals surface area contributed by atoms with Crippen LogP contribution in [-0.4, -0.2) is 37.6 Å². The number of hydrogen-bond acceptors (Lipinski definition) is 2. The van der Waals surface area contributed by atoms with Crippen LogP contribution in [-0.2, 0) is 0 Å². The molecule has 1 saturated carbocycles. The lowest BCUT2D eigenvalue weighted by Crippen LogP contribution is -2.32. The van der Waals surface area contributed by atoms with E-state index in [0.29, 0.717) is 0 Å². The minimum absolute atomic E-state index is 0.883. The fourth-order valence-corrected chi connectivity index (χ4v) is 3.15. The summed E-state index contributed by atoms with van der Waals surface area (Å²) < 4.78 is 0. The molecule has 0 spiro atoms. The summed E-state index contributed by atoms with van der Waals surface area (Å²) in [4.78, 5) is 2.64. The minimum Gasteiger partial charge on any atom is -0.317 e. The molecule has 0 atom stereocenters. The van der Waals surface area contributed by atoms with Gasteiger partial charge in [-0.05, 0) is 58.8 Å². The van der Waals surface area contributed by atoms with Crippen molar-refractivity contribution < 1.29 is 0 Å². The van der Waals surface area contributed by atoms with Crippen molar-refractivity contribution in [3.8, 4) is 0 Å². The molecule has 1 rings (SSSR count). The van der Waals surface area contributed by atoms with Crippen LogP contribution < -0.4 is 5.32 Å². The maximum atomic E-state index is 3.48. The molecule has 1 aliphatic carbocycles. The van der Waals surface area contributed by atoms with Gasteiger partial charge in [0.15, 0.2) is 0 Å². The fraction of sp³-hybridized carbons (Fsp3) is 1.00. The summed E-state index contributed by atoms with van der Waals surface area (Å²) in [7, 11) is 2.35. The van der Waals surface area contributed by atoms with E-state index >= 15 is 0 Å². The molecule has 0 saturated heterocycles. The van der Waals surface area contributed by atoms with Crippen LogP contribution in [0.3, 0.4) is 0 Å². The Bertz CT molecular complexity index is 186. The van der Waals surface area contributed by atoms with Crippen LogP contribution in [0.1, 0.15) is 77.6 Å². The Morgan fingerprint density at radius 1 is 0.895 bits per heavy atom. The zero-order valence-corrected chi connectivity index (χ0v) is 13.4. The Kier molecular flexibility index (Phi) is 10.5. The first kappa shape index (κ1) is 17.0. The Balaban J connectivity index is 1.93. The average molecular weight is 268 g/mol. The lowest BCUT2D eigenvalue weighted by atomic mass is 10.1. The number of unbranched alkanes of at least 4 members (excludes halogenated alkanes) is 3. The second-order valence-corrected chi connectivity index (χ2v) is 6.29. The Labute approximate surface area is 121 Å². The summed E-state index contributed by atoms with van der Waals surface area (Å²) in [6.45, 7) is 5.94. The summed E-state index contributed by atoms with van der Waals surface area (Å²) >= 11 is 0. The van der Waals surface area contributed by atoms with E-state index in [9.17, 15) is 0 Å². The molecule has 0 heterocycles. The van der Waals surface area contributed by atoms with Crippen molar-refractivity contribution in [2.24, 2.45) is 0 Å². The van der Waals surface area contributed by atoms with Crippen molar-refractivity contribution in [3.05, 3.63) is 0 Å². The Morgan fingerprint density at radius 3 is 2.26 bits per heavy atom. The van der Waals surface area contributed by atoms with Crippen LogP contribution in [0.2, 0.25) is 0 Å². The first-order valence-electron chi connectivity index (χ1n) is 8.75. The summed E-state index contributed by atoms with van der Waals surface area (Å²) in [5, 5.41) is 3.48. The predicted octanol–water partition coefficient (Wildman–Crippen LogP) is 4.20. The van der Waals surface area contributed by atoms with Crippen LogP contribution in [0.4, 0.5) is 0 Å². The highest BCUT2D eigenvalue weighted by atomic mass is 15.1. The van der Waals surface area contributed by atoms with E-state index in [1.165, 1.54) is 90.3 Å². The molecule has 1 fully saturated rings. The predicted molar refractivity (Wildman–Crippen MR) is 85.7 cm³/mol. The summed E-state index contributed by atoms with van der Waals surface area (Å²) in [5.74, 6) is 0. The van der Waals surface area contributed by atoms with E-state index < -0.39 is 0 Å². The molecule has 0 radical (unpaired) electrons. The van der Waals surface area contributed by atoms with Crippen molar-refractivity contribution in [1.29, 1.82) is 0 Å². The highest BCUT2D eigenvalue weighted by Gasteiger charge is 2.15. The third-order valence-corrected chi connectivity index (χ3v) is 4.49. The molecule has 114 valence electrons. The molecule has 0 unspecified atom stereocenters. The largest absolute Gasteiger partial charge is 0.317 e. The molecule has 2 heteroatoms. The molecule has 1 aliphatic rings. The van der Waals surface area contributed by atoms with E-state index in [2.05, 4.69) is 24.2 Å². The SMILES string of the molecule is CCCNCCCCCCN(C)C1CCCCCC1. The maximum Gasteiger partial charge on any atom is 0.00922 e. The highest BCUT2D eigenvalue weighted by Crippen LogP contribution is 2.21. The quantitative estimate of drug-likeness (QED) is 0.472. The first-order chi connectivity index (χ1) is 9.34. The minimum atomic E-state index is 0.883. The van der Waals surface area contributed by atoms with Gasteiger partial charge in [0.1, 0.15) is 0 Å². The van der Waals surface area contributed by atoms with Gasteiger partial charge in [-0.15, -0.1) is 0 Å². The lowest BCUT2D eigenvalue weighted by molar-refractivity contribution is 0.216. The molecule has 2 nitrogen and oxygen atoms in total. The second-order valence-electron chi connectivity index (χ2n) is 6.29. The zero-order valence-electron chi connectivity index (χ0n) is 13.4. The summed E-state index contributed by atoms with van der Waals surface area (Å²) in [6, 6.07) is 0.883. The summed E-state index contributed by atoms with van der Waals surface area (Å²) in [5.41, 5.74) is 0. The van der Waals surface area contributed by atoms with Gasteiger partial charge in [0.25, 0.3) is 0 Å². The van der Waals surface area contributed by atoms with Crippen molar-refractivity contribution >= 4 is 0 Å². The molecule has 1 N–H and O–H groups in total. The lowest BCUT2D eigenvalue weighted by Gasteiger charge is -2.27. The van der Waals surface area contributed by atoms with E-state index in [4.69, 9.17) is 0 Å². The topological polar surface area (TPSA) is 15.3 Å². The normalized spacial score (nSPS) is 17.8. The van der Waals surface area contributed by atoms with Gasteiger partial charge in [0.05, 0.1) is 0 Å². The number of hydrogen-bond donors (Lipinski definition) is 1. The van der Waals surface area contributed by atoms with Crippen LogP contribution in [0.15, 0.2) is 0 Å². The van der Waals surface area contributed by atoms with Crippen LogP contribution >= 0.6 is 0 Å². The van der Waals surface area contributed by atoms with Gasteiger partial charge in [0.2, 0.25) is 0 Å². The number of nitrogens with one attached hydrogen (secondary N) is 1. The van der Waals surface area contributed by atoms with Crippen molar-refractivity contribution in [3.63, 3.8) is 0 Å². The van der Waals surface area contributed by atoms with Crippen LogP contribution in [0.25, 0.3) is 0 Å². The average Bonchev–Trinajstić information content (AvgIpc) is 2.70. The van der Waals surface area contributed by atoms with Crippen LogP contribution in [0, 0.1) is 0 Å². The molecular formula is C17H36N2. The third kappa shape index (κ3) is 8.65. The van der Waals surface area contributed by atoms with Crippen molar-refractivity contribution in [2.75, 3.05) is 26.7 Å². The second kappa shape index (κ2) is 11.7. The van der Waals surface area contributed by atoms with Gasteiger partial charge in [-0.2, -0.15) is 0 Å². The van der Waals surface area contributed by atoms with Gasteiger partial charge in [-0.3, -0.25) is 0 Å². The monoisotopic (exact) mass is 268 g/mol.